The van der Waals surface area contributed by atoms with Crippen molar-refractivity contribution in [1.29, 1.82) is 5.26 Å². The second-order valence-corrected chi connectivity index (χ2v) is 4.16. The molecule has 0 bridgehead atoms. The van der Waals surface area contributed by atoms with E-state index in [1.54, 1.807) is 37.4 Å². The molecule has 0 aliphatic heterocycles. The van der Waals surface area contributed by atoms with Gasteiger partial charge < -0.3 is 15.4 Å². The van der Waals surface area contributed by atoms with E-state index < -0.39 is 0 Å². The quantitative estimate of drug-likeness (QED) is 0.898. The van der Waals surface area contributed by atoms with Gasteiger partial charge in [-0.3, -0.25) is 4.79 Å². The van der Waals surface area contributed by atoms with Gasteiger partial charge in [0.15, 0.2) is 0 Å². The van der Waals surface area contributed by atoms with Crippen molar-refractivity contribution in [3.05, 3.63) is 47.7 Å². The molecule has 0 aliphatic carbocycles. The number of hydrogen-bond donors (Lipinski definition) is 2. The maximum atomic E-state index is 12.1. The molecule has 0 radical (unpaired) electrons. The smallest absolute Gasteiger partial charge is 0.257 e. The van der Waals surface area contributed by atoms with Crippen molar-refractivity contribution in [1.82, 2.24) is 4.98 Å². The van der Waals surface area contributed by atoms with Gasteiger partial charge in [-0.05, 0) is 24.3 Å². The van der Waals surface area contributed by atoms with Crippen molar-refractivity contribution < 1.29 is 9.53 Å². The summed E-state index contributed by atoms with van der Waals surface area (Å²) in [4.78, 5) is 16.2. The third-order valence-electron chi connectivity index (χ3n) is 2.86. The van der Waals surface area contributed by atoms with Crippen molar-refractivity contribution in [2.45, 2.75) is 0 Å². The monoisotopic (exact) mass is 282 g/mol. The Labute approximate surface area is 122 Å². The predicted molar refractivity (Wildman–Crippen MR) is 79.4 cm³/mol. The van der Waals surface area contributed by atoms with E-state index in [2.05, 4.69) is 15.6 Å². The fraction of sp³-hybridized carbons (Fsp3) is 0.133. The lowest BCUT2D eigenvalue weighted by Gasteiger charge is -2.10. The average Bonchev–Trinajstić information content (AvgIpc) is 2.55. The summed E-state index contributed by atoms with van der Waals surface area (Å²) in [6.45, 7) is 0. The second kappa shape index (κ2) is 6.39. The number of pyridine rings is 1. The zero-order valence-electron chi connectivity index (χ0n) is 11.7. The Balaban J connectivity index is 2.20. The van der Waals surface area contributed by atoms with E-state index in [0.717, 1.165) is 0 Å². The van der Waals surface area contributed by atoms with Gasteiger partial charge >= 0.3 is 0 Å². The molecular formula is C15H14N4O2. The van der Waals surface area contributed by atoms with Crippen molar-refractivity contribution in [3.8, 4) is 11.8 Å². The molecule has 0 aliphatic rings. The van der Waals surface area contributed by atoms with Crippen LogP contribution in [-0.4, -0.2) is 25.0 Å². The lowest BCUT2D eigenvalue weighted by Crippen LogP contribution is -2.13. The number of benzene rings is 1. The Morgan fingerprint density at radius 1 is 1.33 bits per heavy atom. The van der Waals surface area contributed by atoms with Gasteiger partial charge in [-0.25, -0.2) is 4.98 Å². The molecule has 1 heterocycles. The van der Waals surface area contributed by atoms with E-state index in [9.17, 15) is 4.79 Å². The van der Waals surface area contributed by atoms with Gasteiger partial charge in [-0.2, -0.15) is 5.26 Å². The van der Waals surface area contributed by atoms with Gasteiger partial charge in [-0.1, -0.05) is 0 Å². The average molecular weight is 282 g/mol. The van der Waals surface area contributed by atoms with Crippen LogP contribution in [0.1, 0.15) is 15.9 Å². The van der Waals surface area contributed by atoms with Gasteiger partial charge in [0, 0.05) is 19.3 Å². The fourth-order valence-electron chi connectivity index (χ4n) is 1.73. The summed E-state index contributed by atoms with van der Waals surface area (Å²) in [7, 11) is 3.24. The molecule has 2 aromatic rings. The van der Waals surface area contributed by atoms with Crippen molar-refractivity contribution in [2.24, 2.45) is 0 Å². The fourth-order valence-corrected chi connectivity index (χ4v) is 1.73. The summed E-state index contributed by atoms with van der Waals surface area (Å²) < 4.78 is 5.17. The maximum absolute atomic E-state index is 12.1. The number of ether oxygens (including phenoxy) is 1. The molecule has 6 nitrogen and oxygen atoms in total. The van der Waals surface area contributed by atoms with Crippen LogP contribution in [0.15, 0.2) is 36.5 Å². The first-order chi connectivity index (χ1) is 10.2. The molecule has 1 aromatic carbocycles. The number of carbonyl (C=O) groups is 1. The molecule has 21 heavy (non-hydrogen) atoms. The van der Waals surface area contributed by atoms with Gasteiger partial charge in [0.25, 0.3) is 5.91 Å². The van der Waals surface area contributed by atoms with Gasteiger partial charge in [0.1, 0.15) is 11.6 Å². The number of aromatic nitrogens is 1. The minimum Gasteiger partial charge on any atom is -0.495 e. The van der Waals surface area contributed by atoms with E-state index in [1.165, 1.54) is 13.3 Å². The number of methoxy groups -OCH3 is 1. The molecule has 0 atom stereocenters. The molecular weight excluding hydrogens is 268 g/mol. The Morgan fingerprint density at radius 2 is 2.14 bits per heavy atom. The normalized spacial score (nSPS) is 9.57. The molecule has 0 spiro atoms. The van der Waals surface area contributed by atoms with Crippen LogP contribution < -0.4 is 15.4 Å². The van der Waals surface area contributed by atoms with Gasteiger partial charge in [0.2, 0.25) is 0 Å². The number of nitrogens with one attached hydrogen (secondary N) is 2. The van der Waals surface area contributed by atoms with Crippen LogP contribution in [0, 0.1) is 11.3 Å². The zero-order valence-corrected chi connectivity index (χ0v) is 11.7. The van der Waals surface area contributed by atoms with Gasteiger partial charge in [0.05, 0.1) is 30.0 Å². The molecule has 1 aromatic heterocycles. The summed E-state index contributed by atoms with van der Waals surface area (Å²) in [6.07, 6.45) is 1.48. The highest BCUT2D eigenvalue weighted by molar-refractivity contribution is 6.05. The Hall–Kier alpha value is -3.07. The number of carbonyl (C=O) groups excluding carboxylic acids is 1. The molecule has 106 valence electrons. The van der Waals surface area contributed by atoms with E-state index in [4.69, 9.17) is 10.00 Å². The van der Waals surface area contributed by atoms with Crippen LogP contribution in [0.2, 0.25) is 0 Å². The van der Waals surface area contributed by atoms with Crippen LogP contribution in [0.5, 0.6) is 5.75 Å². The summed E-state index contributed by atoms with van der Waals surface area (Å²) in [5, 5.41) is 14.5. The number of anilines is 2. The third-order valence-corrected chi connectivity index (χ3v) is 2.86. The summed E-state index contributed by atoms with van der Waals surface area (Å²) >= 11 is 0. The highest BCUT2D eigenvalue weighted by Crippen LogP contribution is 2.25. The first-order valence-corrected chi connectivity index (χ1v) is 6.21. The number of nitriles is 1. The molecule has 6 heteroatoms. The van der Waals surface area contributed by atoms with Gasteiger partial charge in [-0.15, -0.1) is 0 Å². The second-order valence-electron chi connectivity index (χ2n) is 4.16. The summed E-state index contributed by atoms with van der Waals surface area (Å²) in [6, 6.07) is 10.2. The van der Waals surface area contributed by atoms with E-state index >= 15 is 0 Å². The molecule has 2 rings (SSSR count). The maximum Gasteiger partial charge on any atom is 0.257 e. The molecule has 0 fully saturated rings. The first-order valence-electron chi connectivity index (χ1n) is 6.21. The Morgan fingerprint density at radius 3 is 2.71 bits per heavy atom. The molecule has 0 unspecified atom stereocenters. The van der Waals surface area contributed by atoms with Crippen LogP contribution in [-0.2, 0) is 0 Å². The number of amides is 1. The van der Waals surface area contributed by atoms with Crippen molar-refractivity contribution in [2.75, 3.05) is 24.8 Å². The minimum absolute atomic E-state index is 0.298. The SMILES string of the molecule is CNc1ccc(C(=O)Nc2ccc(C#N)cc2OC)cn1. The highest BCUT2D eigenvalue weighted by Gasteiger charge is 2.10. The van der Waals surface area contributed by atoms with Crippen LogP contribution in [0.25, 0.3) is 0 Å². The lowest BCUT2D eigenvalue weighted by molar-refractivity contribution is 0.102. The molecule has 1 amide bonds. The van der Waals surface area contributed by atoms with Crippen molar-refractivity contribution in [3.63, 3.8) is 0 Å². The highest BCUT2D eigenvalue weighted by atomic mass is 16.5. The molecule has 0 saturated heterocycles. The van der Waals surface area contributed by atoms with Crippen LogP contribution in [0.3, 0.4) is 0 Å². The summed E-state index contributed by atoms with van der Waals surface area (Å²) in [5.74, 6) is 0.817. The number of nitrogens with zero attached hydrogens (tertiary/aromatic N) is 2. The number of rotatable bonds is 4. The third kappa shape index (κ3) is 3.28. The largest absolute Gasteiger partial charge is 0.495 e. The van der Waals surface area contributed by atoms with Crippen molar-refractivity contribution >= 4 is 17.4 Å². The molecule has 0 saturated carbocycles. The Bertz CT molecular complexity index is 690. The Kier molecular flexibility index (Phi) is 4.36. The minimum atomic E-state index is -0.298. The standard InChI is InChI=1S/C15H14N4O2/c1-17-14-6-4-11(9-18-14)15(20)19-12-5-3-10(8-16)7-13(12)21-2/h3-7,9H,1-2H3,(H,17,18)(H,19,20). The van der Waals surface area contributed by atoms with E-state index in [1.807, 2.05) is 6.07 Å². The topological polar surface area (TPSA) is 87.0 Å². The number of hydrogen-bond acceptors (Lipinski definition) is 5. The van der Waals surface area contributed by atoms with E-state index in [0.29, 0.717) is 28.4 Å². The zero-order chi connectivity index (χ0) is 15.2. The van der Waals surface area contributed by atoms with Crippen LogP contribution in [0.4, 0.5) is 11.5 Å². The summed E-state index contributed by atoms with van der Waals surface area (Å²) in [5.41, 5.74) is 1.39. The molecule has 2 N–H and O–H groups in total. The van der Waals surface area contributed by atoms with Crippen LogP contribution >= 0.6 is 0 Å². The first kappa shape index (κ1) is 14.3. The van der Waals surface area contributed by atoms with E-state index in [-0.39, 0.29) is 5.91 Å². The lowest BCUT2D eigenvalue weighted by atomic mass is 10.2. The predicted octanol–water partition coefficient (Wildman–Crippen LogP) is 2.26.